The lowest BCUT2D eigenvalue weighted by molar-refractivity contribution is -0.682. The molecule has 21 heavy (non-hydrogen) atoms. The van der Waals surface area contributed by atoms with Gasteiger partial charge in [0.1, 0.15) is 5.76 Å². The van der Waals surface area contributed by atoms with Gasteiger partial charge in [-0.1, -0.05) is 30.3 Å². The van der Waals surface area contributed by atoms with E-state index < -0.39 is 18.0 Å². The van der Waals surface area contributed by atoms with E-state index in [-0.39, 0.29) is 0 Å². The molecule has 0 aliphatic carbocycles. The predicted molar refractivity (Wildman–Crippen MR) is 76.1 cm³/mol. The van der Waals surface area contributed by atoms with Crippen LogP contribution in [-0.4, -0.2) is 18.5 Å². The Kier molecular flexibility index (Phi) is 5.11. The van der Waals surface area contributed by atoms with E-state index in [1.165, 1.54) is 0 Å². The lowest BCUT2D eigenvalue weighted by Gasteiger charge is -2.14. The van der Waals surface area contributed by atoms with Crippen molar-refractivity contribution in [2.24, 2.45) is 5.73 Å². The fraction of sp³-hybridized carbons (Fsp3) is 0.200. The topological polar surface area (TPSA) is 102 Å². The molecule has 1 aromatic heterocycles. The van der Waals surface area contributed by atoms with Crippen LogP contribution in [0.1, 0.15) is 17.4 Å². The van der Waals surface area contributed by atoms with Gasteiger partial charge in [0.2, 0.25) is 0 Å². The van der Waals surface area contributed by atoms with Crippen molar-refractivity contribution in [1.29, 1.82) is 0 Å². The highest BCUT2D eigenvalue weighted by atomic mass is 16.3. The summed E-state index contributed by atoms with van der Waals surface area (Å²) < 4.78 is 5.25. The zero-order chi connectivity index (χ0) is 15.1. The molecule has 0 fully saturated rings. The van der Waals surface area contributed by atoms with Gasteiger partial charge in [-0.2, -0.15) is 0 Å². The maximum absolute atomic E-state index is 12.1. The van der Waals surface area contributed by atoms with E-state index in [1.807, 2.05) is 47.8 Å². The van der Waals surface area contributed by atoms with Crippen LogP contribution in [0.15, 0.2) is 53.1 Å². The maximum Gasteiger partial charge on any atom is 0.319 e. The van der Waals surface area contributed by atoms with Crippen LogP contribution in [0.2, 0.25) is 0 Å². The van der Waals surface area contributed by atoms with Gasteiger partial charge in [0.25, 0.3) is 5.91 Å². The molecule has 0 bridgehead atoms. The third kappa shape index (κ3) is 4.47. The SMILES string of the molecule is NC(=O)NC(=O)[C@H]([NH2+]CCc1ccco1)c1ccccc1. The lowest BCUT2D eigenvalue weighted by Crippen LogP contribution is -2.88. The smallest absolute Gasteiger partial charge is 0.319 e. The summed E-state index contributed by atoms with van der Waals surface area (Å²) in [5.74, 6) is 0.432. The van der Waals surface area contributed by atoms with Crippen molar-refractivity contribution in [1.82, 2.24) is 5.32 Å². The average Bonchev–Trinajstić information content (AvgIpc) is 2.97. The number of furan rings is 1. The minimum atomic E-state index is -0.847. The number of urea groups is 1. The first-order valence-corrected chi connectivity index (χ1v) is 6.68. The zero-order valence-electron chi connectivity index (χ0n) is 11.5. The second-order valence-corrected chi connectivity index (χ2v) is 4.60. The molecule has 0 aliphatic rings. The van der Waals surface area contributed by atoms with Crippen molar-refractivity contribution in [2.45, 2.75) is 12.5 Å². The number of benzene rings is 1. The summed E-state index contributed by atoms with van der Waals surface area (Å²) in [6, 6.07) is 11.6. The van der Waals surface area contributed by atoms with Crippen molar-refractivity contribution >= 4 is 11.9 Å². The largest absolute Gasteiger partial charge is 0.469 e. The molecule has 2 rings (SSSR count). The van der Waals surface area contributed by atoms with E-state index in [4.69, 9.17) is 10.2 Å². The molecule has 0 saturated carbocycles. The van der Waals surface area contributed by atoms with Crippen LogP contribution >= 0.6 is 0 Å². The molecule has 6 nitrogen and oxygen atoms in total. The summed E-state index contributed by atoms with van der Waals surface area (Å²) >= 11 is 0. The monoisotopic (exact) mass is 288 g/mol. The second-order valence-electron chi connectivity index (χ2n) is 4.60. The molecular weight excluding hydrogens is 270 g/mol. The van der Waals surface area contributed by atoms with E-state index in [9.17, 15) is 9.59 Å². The Morgan fingerprint density at radius 1 is 1.19 bits per heavy atom. The number of primary amides is 1. The summed E-state index contributed by atoms with van der Waals surface area (Å²) in [5, 5.41) is 3.99. The van der Waals surface area contributed by atoms with Crippen LogP contribution in [0, 0.1) is 0 Å². The highest BCUT2D eigenvalue weighted by Gasteiger charge is 2.24. The molecular formula is C15H18N3O3+. The first-order chi connectivity index (χ1) is 10.2. The summed E-state index contributed by atoms with van der Waals surface area (Å²) in [6.07, 6.45) is 2.31. The zero-order valence-corrected chi connectivity index (χ0v) is 11.5. The summed E-state index contributed by atoms with van der Waals surface area (Å²) in [4.78, 5) is 22.9. The van der Waals surface area contributed by atoms with Crippen LogP contribution < -0.4 is 16.4 Å². The van der Waals surface area contributed by atoms with Gasteiger partial charge in [0.15, 0.2) is 6.04 Å². The van der Waals surface area contributed by atoms with Gasteiger partial charge in [-0.15, -0.1) is 0 Å². The standard InChI is InChI=1S/C15H17N3O3/c16-15(20)18-14(19)13(11-5-2-1-3-6-11)17-9-8-12-7-4-10-21-12/h1-7,10,13,17H,8-9H2,(H3,16,18,19,20)/p+1/t13-/m1/s1. The average molecular weight is 288 g/mol. The second kappa shape index (κ2) is 7.25. The fourth-order valence-electron chi connectivity index (χ4n) is 2.10. The summed E-state index contributed by atoms with van der Waals surface area (Å²) in [7, 11) is 0. The van der Waals surface area contributed by atoms with Crippen molar-refractivity contribution in [2.75, 3.05) is 6.54 Å². The molecule has 0 unspecified atom stereocenters. The minimum absolute atomic E-state index is 0.423. The Morgan fingerprint density at radius 3 is 2.57 bits per heavy atom. The number of quaternary nitrogens is 1. The number of amides is 3. The van der Waals surface area contributed by atoms with Crippen molar-refractivity contribution in [3.05, 3.63) is 60.1 Å². The number of rotatable bonds is 6. The molecule has 6 heteroatoms. The molecule has 0 spiro atoms. The Hall–Kier alpha value is -2.60. The van der Waals surface area contributed by atoms with E-state index in [2.05, 4.69) is 5.32 Å². The number of hydrogen-bond acceptors (Lipinski definition) is 3. The summed E-state index contributed by atoms with van der Waals surface area (Å²) in [5.41, 5.74) is 5.83. The maximum atomic E-state index is 12.1. The predicted octanol–water partition coefficient (Wildman–Crippen LogP) is 0.322. The Labute approximate surface area is 122 Å². The van der Waals surface area contributed by atoms with Gasteiger partial charge in [0, 0.05) is 5.56 Å². The Bertz CT molecular complexity index is 581. The molecule has 3 amide bonds. The van der Waals surface area contributed by atoms with Crippen LogP contribution in [0.25, 0.3) is 0 Å². The highest BCUT2D eigenvalue weighted by Crippen LogP contribution is 2.08. The van der Waals surface area contributed by atoms with Crippen LogP contribution in [0.5, 0.6) is 0 Å². The van der Waals surface area contributed by atoms with Gasteiger partial charge in [-0.25, -0.2) is 4.79 Å². The first-order valence-electron chi connectivity index (χ1n) is 6.68. The summed E-state index contributed by atoms with van der Waals surface area (Å²) in [6.45, 7) is 0.652. The van der Waals surface area contributed by atoms with E-state index in [0.717, 1.165) is 11.3 Å². The number of nitrogens with two attached hydrogens (primary N) is 2. The third-order valence-electron chi connectivity index (χ3n) is 3.06. The van der Waals surface area contributed by atoms with Gasteiger partial charge in [-0.05, 0) is 12.1 Å². The highest BCUT2D eigenvalue weighted by molar-refractivity contribution is 5.96. The molecule has 2 aromatic rings. The van der Waals surface area contributed by atoms with Gasteiger partial charge < -0.3 is 15.5 Å². The van der Waals surface area contributed by atoms with E-state index >= 15 is 0 Å². The van der Waals surface area contributed by atoms with Crippen molar-refractivity contribution in [3.8, 4) is 0 Å². The van der Waals surface area contributed by atoms with Crippen molar-refractivity contribution in [3.63, 3.8) is 0 Å². The molecule has 1 heterocycles. The number of hydrogen-bond donors (Lipinski definition) is 3. The van der Waals surface area contributed by atoms with Crippen LogP contribution in [-0.2, 0) is 11.2 Å². The Balaban J connectivity index is 2.01. The van der Waals surface area contributed by atoms with Crippen molar-refractivity contribution < 1.29 is 19.3 Å². The lowest BCUT2D eigenvalue weighted by atomic mass is 10.1. The number of nitrogens with one attached hydrogen (secondary N) is 1. The molecule has 110 valence electrons. The van der Waals surface area contributed by atoms with E-state index in [0.29, 0.717) is 13.0 Å². The molecule has 0 radical (unpaired) electrons. The Morgan fingerprint density at radius 2 is 1.95 bits per heavy atom. The van der Waals surface area contributed by atoms with Gasteiger partial charge >= 0.3 is 6.03 Å². The van der Waals surface area contributed by atoms with Crippen LogP contribution in [0.4, 0.5) is 4.79 Å². The number of imide groups is 1. The minimum Gasteiger partial charge on any atom is -0.469 e. The van der Waals surface area contributed by atoms with Gasteiger partial charge in [0.05, 0.1) is 19.2 Å². The molecule has 5 N–H and O–H groups in total. The number of carbonyl (C=O) groups is 2. The molecule has 0 aliphatic heterocycles. The quantitative estimate of drug-likeness (QED) is 0.713. The van der Waals surface area contributed by atoms with E-state index in [1.54, 1.807) is 6.26 Å². The van der Waals surface area contributed by atoms with Crippen LogP contribution in [0.3, 0.4) is 0 Å². The van der Waals surface area contributed by atoms with Gasteiger partial charge in [-0.3, -0.25) is 10.1 Å². The fourth-order valence-corrected chi connectivity index (χ4v) is 2.10. The third-order valence-corrected chi connectivity index (χ3v) is 3.06. The molecule has 1 atom stereocenters. The molecule has 1 aromatic carbocycles. The molecule has 0 saturated heterocycles. The first kappa shape index (κ1) is 14.8. The normalized spacial score (nSPS) is 11.8. The number of carbonyl (C=O) groups excluding carboxylic acids is 2.